The van der Waals surface area contributed by atoms with Crippen molar-refractivity contribution in [3.63, 3.8) is 0 Å². The van der Waals surface area contributed by atoms with Crippen molar-refractivity contribution in [1.29, 1.82) is 0 Å². The number of aliphatic carboxylic acids is 2. The Bertz CT molecular complexity index is 718. The minimum atomic E-state index is -1.62. The van der Waals surface area contributed by atoms with Gasteiger partial charge in [0.1, 0.15) is 18.1 Å². The van der Waals surface area contributed by atoms with Crippen LogP contribution in [0.3, 0.4) is 0 Å². The first-order valence-corrected chi connectivity index (χ1v) is 10.1. The summed E-state index contributed by atoms with van der Waals surface area (Å²) >= 11 is 0. The van der Waals surface area contributed by atoms with Gasteiger partial charge < -0.3 is 48.5 Å². The number of hydrogen-bond acceptors (Lipinski definition) is 9. The molecule has 0 aliphatic heterocycles. The molecule has 0 bridgehead atoms. The summed E-state index contributed by atoms with van der Waals surface area (Å²) in [6.45, 7) is -0.608. The van der Waals surface area contributed by atoms with Crippen LogP contribution in [-0.2, 0) is 28.8 Å². The maximum absolute atomic E-state index is 12.7. The molecule has 0 saturated carbocycles. The van der Waals surface area contributed by atoms with E-state index in [1.165, 1.54) is 0 Å². The topological polar surface area (TPSA) is 277 Å². The van der Waals surface area contributed by atoms with Crippen LogP contribution in [-0.4, -0.2) is 88.2 Å². The van der Waals surface area contributed by atoms with Crippen molar-refractivity contribution in [2.45, 2.75) is 62.7 Å². The van der Waals surface area contributed by atoms with E-state index in [0.29, 0.717) is 12.8 Å². The fourth-order valence-corrected chi connectivity index (χ4v) is 2.58. The van der Waals surface area contributed by atoms with Crippen LogP contribution in [0.5, 0.6) is 0 Å². The highest BCUT2D eigenvalue weighted by Crippen LogP contribution is 2.05. The Morgan fingerprint density at radius 3 is 1.82 bits per heavy atom. The fraction of sp³-hybridized carbons (Fsp3) is 0.667. The Morgan fingerprint density at radius 1 is 0.788 bits per heavy atom. The van der Waals surface area contributed by atoms with Crippen LogP contribution in [0.15, 0.2) is 0 Å². The van der Waals surface area contributed by atoms with Crippen molar-refractivity contribution < 1.29 is 44.1 Å². The molecule has 0 aromatic carbocycles. The standard InChI is InChI=1S/C18H32N6O9/c19-6-2-1-3-10(16(30)24-12(8-25)18(32)33)22-17(31)11(7-14(27)28)23-15(29)9(20)4-5-13(21)26/h9-12,25H,1-8,19-20H2,(H2,21,26)(H,22,31)(H,23,29)(H,24,30)(H,27,28)(H,32,33). The van der Waals surface area contributed by atoms with Crippen molar-refractivity contribution in [2.24, 2.45) is 17.2 Å². The van der Waals surface area contributed by atoms with E-state index in [1.807, 2.05) is 0 Å². The Labute approximate surface area is 189 Å². The summed E-state index contributed by atoms with van der Waals surface area (Å²) in [5.41, 5.74) is 16.0. The number of nitrogens with one attached hydrogen (secondary N) is 3. The van der Waals surface area contributed by atoms with Gasteiger partial charge in [0.15, 0.2) is 0 Å². The second-order valence-electron chi connectivity index (χ2n) is 7.20. The van der Waals surface area contributed by atoms with Gasteiger partial charge in [0.2, 0.25) is 23.6 Å². The number of carboxylic acid groups (broad SMARTS) is 2. The molecule has 0 aliphatic rings. The lowest BCUT2D eigenvalue weighted by atomic mass is 10.1. The van der Waals surface area contributed by atoms with Crippen LogP contribution in [0.2, 0.25) is 0 Å². The molecule has 0 heterocycles. The number of carbonyl (C=O) groups excluding carboxylic acids is 4. The van der Waals surface area contributed by atoms with Gasteiger partial charge in [-0.2, -0.15) is 0 Å². The van der Waals surface area contributed by atoms with Crippen LogP contribution in [0.25, 0.3) is 0 Å². The third-order valence-electron chi connectivity index (χ3n) is 4.43. The molecule has 4 amide bonds. The number of nitrogens with two attached hydrogens (primary N) is 3. The Kier molecular flexibility index (Phi) is 13.9. The van der Waals surface area contributed by atoms with E-state index in [4.69, 9.17) is 32.5 Å². The minimum Gasteiger partial charge on any atom is -0.481 e. The summed E-state index contributed by atoms with van der Waals surface area (Å²) in [5, 5.41) is 33.7. The highest BCUT2D eigenvalue weighted by molar-refractivity contribution is 5.95. The lowest BCUT2D eigenvalue weighted by Crippen LogP contribution is -2.57. The lowest BCUT2D eigenvalue weighted by molar-refractivity contribution is -0.144. The number of amides is 4. The van der Waals surface area contributed by atoms with E-state index in [9.17, 15) is 28.8 Å². The molecule has 0 spiro atoms. The van der Waals surface area contributed by atoms with Gasteiger partial charge in [0, 0.05) is 6.42 Å². The second-order valence-corrected chi connectivity index (χ2v) is 7.20. The van der Waals surface area contributed by atoms with Crippen LogP contribution >= 0.6 is 0 Å². The van der Waals surface area contributed by atoms with Gasteiger partial charge >= 0.3 is 11.9 Å². The van der Waals surface area contributed by atoms with Gasteiger partial charge in [-0.15, -0.1) is 0 Å². The molecule has 0 radical (unpaired) electrons. The summed E-state index contributed by atoms with van der Waals surface area (Å²) in [6, 6.07) is -5.78. The van der Waals surface area contributed by atoms with Crippen LogP contribution in [0.1, 0.15) is 38.5 Å². The number of carbonyl (C=O) groups is 6. The van der Waals surface area contributed by atoms with Gasteiger partial charge in [0.05, 0.1) is 19.1 Å². The quantitative estimate of drug-likeness (QED) is 0.0905. The molecule has 15 heteroatoms. The summed E-state index contributed by atoms with van der Waals surface area (Å²) in [6.07, 6.45) is -0.316. The molecule has 0 aliphatic carbocycles. The number of aliphatic hydroxyl groups excluding tert-OH is 1. The number of carboxylic acids is 2. The average Bonchev–Trinajstić information content (AvgIpc) is 2.73. The maximum Gasteiger partial charge on any atom is 0.328 e. The zero-order chi connectivity index (χ0) is 25.6. The van der Waals surface area contributed by atoms with Crippen molar-refractivity contribution in [3.05, 3.63) is 0 Å². The molecule has 0 aromatic heterocycles. The van der Waals surface area contributed by atoms with E-state index in [2.05, 4.69) is 16.0 Å². The molecule has 33 heavy (non-hydrogen) atoms. The van der Waals surface area contributed by atoms with Gasteiger partial charge in [-0.3, -0.25) is 24.0 Å². The highest BCUT2D eigenvalue weighted by atomic mass is 16.4. The second kappa shape index (κ2) is 15.5. The molecule has 15 nitrogen and oxygen atoms in total. The van der Waals surface area contributed by atoms with E-state index >= 15 is 0 Å². The van der Waals surface area contributed by atoms with Gasteiger partial charge in [0.25, 0.3) is 0 Å². The van der Waals surface area contributed by atoms with E-state index in [-0.39, 0.29) is 25.8 Å². The summed E-state index contributed by atoms with van der Waals surface area (Å²) in [5.74, 6) is -6.51. The number of hydrogen-bond donors (Lipinski definition) is 9. The number of unbranched alkanes of at least 4 members (excludes halogenated alkanes) is 1. The number of rotatable bonds is 17. The molecule has 0 fully saturated rings. The van der Waals surface area contributed by atoms with Crippen LogP contribution in [0.4, 0.5) is 0 Å². The lowest BCUT2D eigenvalue weighted by Gasteiger charge is -2.24. The van der Waals surface area contributed by atoms with Gasteiger partial charge in [-0.25, -0.2) is 4.79 Å². The SMILES string of the molecule is NCCCCC(NC(=O)C(CC(=O)O)NC(=O)C(N)CCC(N)=O)C(=O)NC(CO)C(=O)O. The largest absolute Gasteiger partial charge is 0.481 e. The molecular weight excluding hydrogens is 444 g/mol. The Hall–Kier alpha value is -3.30. The first-order chi connectivity index (χ1) is 15.4. The molecule has 12 N–H and O–H groups in total. The van der Waals surface area contributed by atoms with Crippen molar-refractivity contribution in [1.82, 2.24) is 16.0 Å². The summed E-state index contributed by atoms with van der Waals surface area (Å²) < 4.78 is 0. The number of primary amides is 1. The fourth-order valence-electron chi connectivity index (χ4n) is 2.58. The minimum absolute atomic E-state index is 0.0262. The molecule has 0 aromatic rings. The highest BCUT2D eigenvalue weighted by Gasteiger charge is 2.31. The van der Waals surface area contributed by atoms with E-state index in [0.717, 1.165) is 0 Å². The Morgan fingerprint density at radius 2 is 1.33 bits per heavy atom. The summed E-state index contributed by atoms with van der Waals surface area (Å²) in [7, 11) is 0. The Balaban J connectivity index is 5.41. The van der Waals surface area contributed by atoms with E-state index < -0.39 is 72.8 Å². The third kappa shape index (κ3) is 12.4. The summed E-state index contributed by atoms with van der Waals surface area (Å²) in [4.78, 5) is 70.4. The molecule has 4 unspecified atom stereocenters. The van der Waals surface area contributed by atoms with E-state index in [1.54, 1.807) is 0 Å². The maximum atomic E-state index is 12.7. The van der Waals surface area contributed by atoms with Crippen molar-refractivity contribution in [2.75, 3.05) is 13.2 Å². The van der Waals surface area contributed by atoms with Crippen LogP contribution in [0, 0.1) is 0 Å². The molecule has 0 rings (SSSR count). The first kappa shape index (κ1) is 29.7. The normalized spacial score (nSPS) is 14.3. The zero-order valence-corrected chi connectivity index (χ0v) is 18.0. The monoisotopic (exact) mass is 476 g/mol. The number of aliphatic hydroxyl groups is 1. The first-order valence-electron chi connectivity index (χ1n) is 10.1. The predicted octanol–water partition coefficient (Wildman–Crippen LogP) is -4.29. The average molecular weight is 476 g/mol. The van der Waals surface area contributed by atoms with Crippen molar-refractivity contribution >= 4 is 35.6 Å². The van der Waals surface area contributed by atoms with Gasteiger partial charge in [-0.1, -0.05) is 0 Å². The molecule has 188 valence electrons. The zero-order valence-electron chi connectivity index (χ0n) is 18.0. The molecule has 0 saturated heterocycles. The van der Waals surface area contributed by atoms with Gasteiger partial charge in [-0.05, 0) is 32.2 Å². The van der Waals surface area contributed by atoms with Crippen molar-refractivity contribution in [3.8, 4) is 0 Å². The predicted molar refractivity (Wildman–Crippen MR) is 112 cm³/mol. The molecule has 4 atom stereocenters. The smallest absolute Gasteiger partial charge is 0.328 e. The van der Waals surface area contributed by atoms with Crippen LogP contribution < -0.4 is 33.2 Å². The molecular formula is C18H32N6O9. The third-order valence-corrected chi connectivity index (χ3v) is 4.43.